The number of cyclic esters (lactones) is 1. The molecule has 0 N–H and O–H groups in total. The van der Waals surface area contributed by atoms with Crippen LogP contribution in [0, 0.1) is 17.0 Å². The molecule has 0 atom stereocenters. The van der Waals surface area contributed by atoms with Gasteiger partial charge in [-0.05, 0) is 42.2 Å². The summed E-state index contributed by atoms with van der Waals surface area (Å²) in [5.74, 6) is 0. The van der Waals surface area contributed by atoms with Crippen LogP contribution in [0.4, 0.5) is 21.9 Å². The Morgan fingerprint density at radius 1 is 1.15 bits per heavy atom. The summed E-state index contributed by atoms with van der Waals surface area (Å²) >= 11 is 0. The zero-order valence-electron chi connectivity index (χ0n) is 14.5. The first kappa shape index (κ1) is 16.4. The Labute approximate surface area is 150 Å². The Morgan fingerprint density at radius 2 is 2.00 bits per heavy atom. The lowest BCUT2D eigenvalue weighted by Gasteiger charge is -2.32. The molecule has 2 aliphatic heterocycles. The third kappa shape index (κ3) is 2.75. The summed E-state index contributed by atoms with van der Waals surface area (Å²) in [4.78, 5) is 26.7. The average Bonchev–Trinajstić information content (AvgIpc) is 3.06. The van der Waals surface area contributed by atoms with Crippen LogP contribution in [0.2, 0.25) is 0 Å². The maximum Gasteiger partial charge on any atom is 0.414 e. The van der Waals surface area contributed by atoms with Crippen LogP contribution >= 0.6 is 0 Å². The fraction of sp³-hybridized carbons (Fsp3) is 0.316. The molecule has 0 bridgehead atoms. The maximum absolute atomic E-state index is 11.9. The predicted octanol–water partition coefficient (Wildman–Crippen LogP) is 3.42. The Bertz CT molecular complexity index is 896. The summed E-state index contributed by atoms with van der Waals surface area (Å²) < 4.78 is 5.06. The summed E-state index contributed by atoms with van der Waals surface area (Å²) in [6, 6.07) is 11.2. The summed E-state index contributed by atoms with van der Waals surface area (Å²) in [6.45, 7) is 4.06. The highest BCUT2D eigenvalue weighted by molar-refractivity contribution is 5.90. The number of amides is 1. The van der Waals surface area contributed by atoms with E-state index in [0.717, 1.165) is 28.8 Å². The number of aryl methyl sites for hydroxylation is 1. The molecule has 4 rings (SSSR count). The number of hydrogen-bond donors (Lipinski definition) is 0. The number of rotatable bonds is 3. The molecule has 2 aromatic rings. The van der Waals surface area contributed by atoms with Gasteiger partial charge >= 0.3 is 6.09 Å². The molecule has 1 saturated heterocycles. The molecule has 0 aliphatic carbocycles. The van der Waals surface area contributed by atoms with Crippen LogP contribution in [-0.2, 0) is 17.7 Å². The molecule has 2 heterocycles. The van der Waals surface area contributed by atoms with Gasteiger partial charge in [0.15, 0.2) is 0 Å². The third-order valence-corrected chi connectivity index (χ3v) is 4.96. The highest BCUT2D eigenvalue weighted by Crippen LogP contribution is 2.36. The highest BCUT2D eigenvalue weighted by atomic mass is 16.6. The first-order valence-corrected chi connectivity index (χ1v) is 8.59. The van der Waals surface area contributed by atoms with Gasteiger partial charge in [-0.2, -0.15) is 0 Å². The molecule has 0 saturated carbocycles. The number of ether oxygens (including phenoxy) is 1. The monoisotopic (exact) mass is 353 g/mol. The van der Waals surface area contributed by atoms with E-state index in [1.54, 1.807) is 11.0 Å². The molecule has 2 aliphatic rings. The Morgan fingerprint density at radius 3 is 2.73 bits per heavy atom. The molecule has 134 valence electrons. The van der Waals surface area contributed by atoms with E-state index in [-0.39, 0.29) is 16.7 Å². The van der Waals surface area contributed by atoms with Crippen molar-refractivity contribution >= 4 is 23.2 Å². The third-order valence-electron chi connectivity index (χ3n) is 4.96. The minimum atomic E-state index is -0.325. The van der Waals surface area contributed by atoms with E-state index in [1.165, 1.54) is 0 Å². The first-order valence-electron chi connectivity index (χ1n) is 8.59. The average molecular weight is 353 g/mol. The summed E-state index contributed by atoms with van der Waals surface area (Å²) in [7, 11) is 0. The summed E-state index contributed by atoms with van der Waals surface area (Å²) in [5, 5.41) is 11.4. The lowest BCUT2D eigenvalue weighted by atomic mass is 9.96. The van der Waals surface area contributed by atoms with E-state index in [2.05, 4.69) is 0 Å². The predicted molar refractivity (Wildman–Crippen MR) is 97.7 cm³/mol. The van der Waals surface area contributed by atoms with E-state index in [4.69, 9.17) is 4.74 Å². The second kappa shape index (κ2) is 6.33. The minimum Gasteiger partial charge on any atom is -0.447 e. The van der Waals surface area contributed by atoms with Gasteiger partial charge in [0.2, 0.25) is 0 Å². The molecule has 1 fully saturated rings. The normalized spacial score (nSPS) is 16.4. The summed E-state index contributed by atoms with van der Waals surface area (Å²) in [5.41, 5.74) is 4.74. The number of fused-ring (bicyclic) bond motifs is 1. The van der Waals surface area contributed by atoms with Gasteiger partial charge in [0, 0.05) is 19.2 Å². The van der Waals surface area contributed by atoms with Gasteiger partial charge < -0.3 is 9.64 Å². The van der Waals surface area contributed by atoms with Crippen molar-refractivity contribution in [3.05, 3.63) is 63.2 Å². The lowest BCUT2D eigenvalue weighted by molar-refractivity contribution is -0.384. The van der Waals surface area contributed by atoms with Gasteiger partial charge in [0.1, 0.15) is 12.3 Å². The molecule has 2 aromatic carbocycles. The number of benzene rings is 2. The van der Waals surface area contributed by atoms with Crippen molar-refractivity contribution in [2.75, 3.05) is 29.5 Å². The van der Waals surface area contributed by atoms with Crippen LogP contribution in [0.25, 0.3) is 0 Å². The van der Waals surface area contributed by atoms with Gasteiger partial charge in [-0.1, -0.05) is 18.2 Å². The number of anilines is 2. The fourth-order valence-electron chi connectivity index (χ4n) is 3.71. The molecule has 7 nitrogen and oxygen atoms in total. The number of nitro benzene ring substituents is 1. The minimum absolute atomic E-state index is 0.132. The smallest absolute Gasteiger partial charge is 0.414 e. The molecule has 0 radical (unpaired) electrons. The van der Waals surface area contributed by atoms with Crippen molar-refractivity contribution in [3.63, 3.8) is 0 Å². The number of nitro groups is 1. The van der Waals surface area contributed by atoms with E-state index in [1.807, 2.05) is 42.2 Å². The van der Waals surface area contributed by atoms with Crippen molar-refractivity contribution in [1.82, 2.24) is 0 Å². The standard InChI is InChI=1S/C19H19N3O4/c1-13-5-6-17(18(11-13)22(24)25)20-8-7-15-14(12-20)3-2-4-16(15)21-9-10-26-19(21)23/h2-6,11H,7-10,12H2,1H3. The summed E-state index contributed by atoms with van der Waals surface area (Å²) in [6.07, 6.45) is 0.412. The Hall–Kier alpha value is -3.09. The SMILES string of the molecule is Cc1ccc(N2CCc3c(cccc3N3CCOC3=O)C2)c([N+](=O)[O-])c1. The van der Waals surface area contributed by atoms with E-state index >= 15 is 0 Å². The number of carbonyl (C=O) groups excluding carboxylic acids is 1. The van der Waals surface area contributed by atoms with Crippen LogP contribution in [0.1, 0.15) is 16.7 Å². The zero-order valence-corrected chi connectivity index (χ0v) is 14.5. The maximum atomic E-state index is 11.9. The van der Waals surface area contributed by atoms with Crippen molar-refractivity contribution < 1.29 is 14.5 Å². The molecular formula is C19H19N3O4. The van der Waals surface area contributed by atoms with Crippen molar-refractivity contribution in [2.24, 2.45) is 0 Å². The van der Waals surface area contributed by atoms with Crippen LogP contribution < -0.4 is 9.80 Å². The van der Waals surface area contributed by atoms with Crippen LogP contribution in [0.5, 0.6) is 0 Å². The molecular weight excluding hydrogens is 334 g/mol. The second-order valence-electron chi connectivity index (χ2n) is 6.60. The molecule has 0 unspecified atom stereocenters. The van der Waals surface area contributed by atoms with E-state index in [0.29, 0.717) is 31.9 Å². The molecule has 0 spiro atoms. The fourth-order valence-corrected chi connectivity index (χ4v) is 3.71. The Kier molecular flexibility index (Phi) is 3.99. The number of nitrogens with zero attached hydrogens (tertiary/aromatic N) is 3. The molecule has 0 aromatic heterocycles. The molecule has 26 heavy (non-hydrogen) atoms. The first-order chi connectivity index (χ1) is 12.5. The zero-order chi connectivity index (χ0) is 18.3. The Balaban J connectivity index is 1.68. The van der Waals surface area contributed by atoms with Gasteiger partial charge in [-0.3, -0.25) is 15.0 Å². The number of hydrogen-bond acceptors (Lipinski definition) is 5. The van der Waals surface area contributed by atoms with Crippen LogP contribution in [0.3, 0.4) is 0 Å². The van der Waals surface area contributed by atoms with Crippen LogP contribution in [-0.4, -0.2) is 30.7 Å². The van der Waals surface area contributed by atoms with Gasteiger partial charge in [-0.25, -0.2) is 4.79 Å². The number of carbonyl (C=O) groups is 1. The van der Waals surface area contributed by atoms with Crippen LogP contribution in [0.15, 0.2) is 36.4 Å². The van der Waals surface area contributed by atoms with Crippen molar-refractivity contribution in [3.8, 4) is 0 Å². The lowest BCUT2D eigenvalue weighted by Crippen LogP contribution is -2.33. The quantitative estimate of drug-likeness (QED) is 0.624. The van der Waals surface area contributed by atoms with Gasteiger partial charge in [0.05, 0.1) is 17.2 Å². The largest absolute Gasteiger partial charge is 0.447 e. The highest BCUT2D eigenvalue weighted by Gasteiger charge is 2.29. The van der Waals surface area contributed by atoms with Gasteiger partial charge in [-0.15, -0.1) is 0 Å². The van der Waals surface area contributed by atoms with Crippen molar-refractivity contribution in [1.29, 1.82) is 0 Å². The molecule has 7 heteroatoms. The van der Waals surface area contributed by atoms with Crippen molar-refractivity contribution in [2.45, 2.75) is 19.9 Å². The van der Waals surface area contributed by atoms with E-state index < -0.39 is 0 Å². The van der Waals surface area contributed by atoms with Gasteiger partial charge in [0.25, 0.3) is 5.69 Å². The molecule has 1 amide bonds. The second-order valence-corrected chi connectivity index (χ2v) is 6.60. The van der Waals surface area contributed by atoms with E-state index in [9.17, 15) is 14.9 Å². The topological polar surface area (TPSA) is 75.9 Å².